The fourth-order valence-corrected chi connectivity index (χ4v) is 4.97. The zero-order chi connectivity index (χ0) is 27.1. The van der Waals surface area contributed by atoms with E-state index in [-0.39, 0.29) is 18.3 Å². The topological polar surface area (TPSA) is 21.3 Å². The molecule has 2 atom stereocenters. The Morgan fingerprint density at radius 2 is 1.37 bits per heavy atom. The molecule has 206 valence electrons. The van der Waals surface area contributed by atoms with Gasteiger partial charge in [-0.1, -0.05) is 67.6 Å². The molecule has 0 radical (unpaired) electrons. The predicted molar refractivity (Wildman–Crippen MR) is 128 cm³/mol. The maximum absolute atomic E-state index is 14.2. The van der Waals surface area contributed by atoms with Gasteiger partial charge in [-0.15, -0.1) is 12.4 Å². The number of benzene rings is 3. The second kappa shape index (κ2) is 10.8. The highest BCUT2D eigenvalue weighted by atomic mass is 35.5. The van der Waals surface area contributed by atoms with Crippen molar-refractivity contribution in [1.29, 1.82) is 0 Å². The van der Waals surface area contributed by atoms with Crippen LogP contribution < -0.4 is 5.32 Å². The van der Waals surface area contributed by atoms with Gasteiger partial charge in [-0.25, -0.2) is 8.78 Å². The van der Waals surface area contributed by atoms with Crippen LogP contribution in [0.15, 0.2) is 72.8 Å². The summed E-state index contributed by atoms with van der Waals surface area (Å²) in [6.07, 6.45) is -12.0. The third kappa shape index (κ3) is 5.13. The third-order valence-corrected chi connectivity index (χ3v) is 7.06. The van der Waals surface area contributed by atoms with Crippen molar-refractivity contribution in [3.8, 4) is 0 Å². The van der Waals surface area contributed by atoms with E-state index in [0.29, 0.717) is 18.7 Å². The number of halogens is 9. The highest BCUT2D eigenvalue weighted by Gasteiger charge is 2.73. The second-order valence-electron chi connectivity index (χ2n) is 9.25. The Kier molecular flexibility index (Phi) is 8.50. The molecule has 2 nitrogen and oxygen atoms in total. The quantitative estimate of drug-likeness (QED) is 0.311. The lowest BCUT2D eigenvalue weighted by Gasteiger charge is -2.38. The highest BCUT2D eigenvalue weighted by molar-refractivity contribution is 5.85. The summed E-state index contributed by atoms with van der Waals surface area (Å²) in [6, 6.07) is 15.7. The van der Waals surface area contributed by atoms with E-state index in [1.54, 1.807) is 0 Å². The standard InChI is InChI=1S/C27H23F8NO.ClH/c1-24(18-6-3-2-4-7-18)16-36-14-21(24)17-10-12-19(13-11-17)25(26(30,31)32,27(33,34)35)37-15-20-22(28)8-5-9-23(20)29;/h2-13,21,36H,14-16H2,1H3;1H/t21-,24+;/m0./s1. The van der Waals surface area contributed by atoms with Crippen LogP contribution in [0.2, 0.25) is 0 Å². The van der Waals surface area contributed by atoms with E-state index in [0.717, 1.165) is 35.9 Å². The SMILES string of the molecule is C[C@]1(c2ccccc2)CNC[C@H]1c1ccc(C(OCc2c(F)cccc2F)(C(F)(F)F)C(F)(F)F)cc1.Cl. The predicted octanol–water partition coefficient (Wildman–Crippen LogP) is 7.57. The van der Waals surface area contributed by atoms with Gasteiger partial charge in [0.2, 0.25) is 0 Å². The van der Waals surface area contributed by atoms with Crippen molar-refractivity contribution in [3.63, 3.8) is 0 Å². The minimum Gasteiger partial charge on any atom is -0.349 e. The average molecular weight is 566 g/mol. The van der Waals surface area contributed by atoms with E-state index in [4.69, 9.17) is 0 Å². The minimum absolute atomic E-state index is 0. The molecule has 1 aliphatic heterocycles. The Morgan fingerprint density at radius 3 is 1.89 bits per heavy atom. The van der Waals surface area contributed by atoms with Gasteiger partial charge in [-0.2, -0.15) is 26.3 Å². The lowest BCUT2D eigenvalue weighted by atomic mass is 9.71. The zero-order valence-electron chi connectivity index (χ0n) is 20.0. The van der Waals surface area contributed by atoms with E-state index in [1.807, 2.05) is 37.3 Å². The van der Waals surface area contributed by atoms with Gasteiger partial charge in [0.1, 0.15) is 11.6 Å². The van der Waals surface area contributed by atoms with Crippen LogP contribution in [0.1, 0.15) is 35.1 Å². The summed E-state index contributed by atoms with van der Waals surface area (Å²) in [5, 5.41) is 3.25. The van der Waals surface area contributed by atoms with Crippen molar-refractivity contribution in [2.45, 2.75) is 42.8 Å². The van der Waals surface area contributed by atoms with E-state index in [9.17, 15) is 35.1 Å². The number of hydrogen-bond acceptors (Lipinski definition) is 2. The molecule has 0 amide bonds. The van der Waals surface area contributed by atoms with Crippen LogP contribution >= 0.6 is 12.4 Å². The summed E-state index contributed by atoms with van der Waals surface area (Å²) in [5.74, 6) is -2.87. The maximum atomic E-state index is 14.2. The summed E-state index contributed by atoms with van der Waals surface area (Å²) in [4.78, 5) is 0. The minimum atomic E-state index is -5.98. The van der Waals surface area contributed by atoms with E-state index in [2.05, 4.69) is 10.1 Å². The molecule has 1 heterocycles. The average Bonchev–Trinajstić information content (AvgIpc) is 3.23. The Hall–Kier alpha value is -2.69. The zero-order valence-corrected chi connectivity index (χ0v) is 20.8. The van der Waals surface area contributed by atoms with Gasteiger partial charge >= 0.3 is 12.4 Å². The first-order chi connectivity index (χ1) is 17.3. The van der Waals surface area contributed by atoms with Crippen LogP contribution in [0, 0.1) is 11.6 Å². The van der Waals surface area contributed by atoms with Gasteiger partial charge < -0.3 is 10.1 Å². The largest absolute Gasteiger partial charge is 0.430 e. The van der Waals surface area contributed by atoms with Crippen LogP contribution in [-0.2, 0) is 22.4 Å². The lowest BCUT2D eigenvalue weighted by molar-refractivity contribution is -0.392. The Bertz CT molecular complexity index is 1200. The fraction of sp³-hybridized carbons (Fsp3) is 0.333. The number of alkyl halides is 6. The molecule has 0 aromatic heterocycles. The van der Waals surface area contributed by atoms with Crippen molar-refractivity contribution in [1.82, 2.24) is 5.32 Å². The first kappa shape index (κ1) is 29.9. The van der Waals surface area contributed by atoms with Gasteiger partial charge in [-0.05, 0) is 23.3 Å². The molecule has 4 rings (SSSR count). The van der Waals surface area contributed by atoms with E-state index >= 15 is 0 Å². The molecule has 0 saturated carbocycles. The number of ether oxygens (including phenoxy) is 1. The summed E-state index contributed by atoms with van der Waals surface area (Å²) < 4.78 is 117. The Labute approximate surface area is 220 Å². The van der Waals surface area contributed by atoms with Gasteiger partial charge in [0.05, 0.1) is 6.61 Å². The summed E-state index contributed by atoms with van der Waals surface area (Å²) >= 11 is 0. The van der Waals surface area contributed by atoms with Gasteiger partial charge in [0, 0.05) is 35.5 Å². The van der Waals surface area contributed by atoms with E-state index < -0.39 is 52.7 Å². The Morgan fingerprint density at radius 1 is 0.816 bits per heavy atom. The number of hydrogen-bond donors (Lipinski definition) is 1. The van der Waals surface area contributed by atoms with Gasteiger partial charge in [0.25, 0.3) is 5.60 Å². The maximum Gasteiger partial charge on any atom is 0.430 e. The molecule has 1 N–H and O–H groups in total. The molecule has 0 unspecified atom stereocenters. The van der Waals surface area contributed by atoms with Crippen LogP contribution in [0.25, 0.3) is 0 Å². The van der Waals surface area contributed by atoms with Crippen molar-refractivity contribution in [2.24, 2.45) is 0 Å². The van der Waals surface area contributed by atoms with Gasteiger partial charge in [-0.3, -0.25) is 0 Å². The van der Waals surface area contributed by atoms with Crippen LogP contribution in [0.3, 0.4) is 0 Å². The number of rotatable bonds is 6. The smallest absolute Gasteiger partial charge is 0.349 e. The van der Waals surface area contributed by atoms with Crippen LogP contribution in [0.4, 0.5) is 35.1 Å². The summed E-state index contributed by atoms with van der Waals surface area (Å²) in [7, 11) is 0. The molecule has 1 fully saturated rings. The molecule has 0 bridgehead atoms. The molecule has 0 aliphatic carbocycles. The van der Waals surface area contributed by atoms with Crippen molar-refractivity contribution in [3.05, 3.63) is 107 Å². The highest BCUT2D eigenvalue weighted by Crippen LogP contribution is 2.54. The lowest BCUT2D eigenvalue weighted by Crippen LogP contribution is -2.55. The van der Waals surface area contributed by atoms with Crippen molar-refractivity contribution >= 4 is 12.4 Å². The molecule has 0 spiro atoms. The second-order valence-corrected chi connectivity index (χ2v) is 9.25. The normalized spacial score (nSPS) is 20.3. The molecule has 3 aromatic rings. The molecule has 11 heteroatoms. The molecular weight excluding hydrogens is 542 g/mol. The Balaban J connectivity index is 0.00000400. The van der Waals surface area contributed by atoms with E-state index in [1.165, 1.54) is 12.1 Å². The summed E-state index contributed by atoms with van der Waals surface area (Å²) in [5.41, 5.74) is -6.01. The molecule has 1 saturated heterocycles. The molecule has 1 aliphatic rings. The third-order valence-electron chi connectivity index (χ3n) is 7.06. The van der Waals surface area contributed by atoms with Crippen LogP contribution in [0.5, 0.6) is 0 Å². The number of nitrogens with one attached hydrogen (secondary N) is 1. The van der Waals surface area contributed by atoms with Gasteiger partial charge in [0.15, 0.2) is 0 Å². The first-order valence-electron chi connectivity index (χ1n) is 11.4. The van der Waals surface area contributed by atoms with Crippen molar-refractivity contribution in [2.75, 3.05) is 13.1 Å². The molecular formula is C27H24ClF8NO. The molecule has 38 heavy (non-hydrogen) atoms. The van der Waals surface area contributed by atoms with Crippen molar-refractivity contribution < 1.29 is 39.9 Å². The fourth-order valence-electron chi connectivity index (χ4n) is 4.97. The molecule has 3 aromatic carbocycles. The monoisotopic (exact) mass is 565 g/mol. The van der Waals surface area contributed by atoms with Crippen LogP contribution in [-0.4, -0.2) is 25.4 Å². The summed E-state index contributed by atoms with van der Waals surface area (Å²) in [6.45, 7) is 1.42. The first-order valence-corrected chi connectivity index (χ1v) is 11.4.